The summed E-state index contributed by atoms with van der Waals surface area (Å²) in [7, 11) is 0. The molecule has 2 N–H and O–H groups in total. The van der Waals surface area contributed by atoms with Crippen LogP contribution in [0.4, 0.5) is 17.5 Å². The average molecular weight is 341 g/mol. The Morgan fingerprint density at radius 1 is 0.808 bits per heavy atom. The van der Waals surface area contributed by atoms with Crippen LogP contribution in [0, 0.1) is 0 Å². The standard InChI is InChI=1S/C21H19N5/c1-2-7-16(8-3-1)12-14-23-20-18-10-4-5-11-19(18)25-21(26-20)24-17-9-6-13-22-15-17/h1-11,13,15H,12,14H2,(H2,23,24,25,26). The summed E-state index contributed by atoms with van der Waals surface area (Å²) in [6.45, 7) is 0.803. The van der Waals surface area contributed by atoms with E-state index in [0.717, 1.165) is 35.4 Å². The molecule has 0 fully saturated rings. The van der Waals surface area contributed by atoms with Gasteiger partial charge in [0.1, 0.15) is 5.82 Å². The van der Waals surface area contributed by atoms with E-state index in [1.807, 2.05) is 42.5 Å². The van der Waals surface area contributed by atoms with Gasteiger partial charge in [0.05, 0.1) is 17.4 Å². The molecule has 26 heavy (non-hydrogen) atoms. The first-order valence-electron chi connectivity index (χ1n) is 8.60. The van der Waals surface area contributed by atoms with Gasteiger partial charge in [-0.25, -0.2) is 4.98 Å². The molecule has 4 rings (SSSR count). The molecule has 4 aromatic rings. The molecule has 0 amide bonds. The second-order valence-corrected chi connectivity index (χ2v) is 5.94. The van der Waals surface area contributed by atoms with Crippen LogP contribution in [0.25, 0.3) is 10.9 Å². The van der Waals surface area contributed by atoms with Gasteiger partial charge < -0.3 is 10.6 Å². The zero-order valence-corrected chi connectivity index (χ0v) is 14.3. The van der Waals surface area contributed by atoms with Gasteiger partial charge >= 0.3 is 0 Å². The summed E-state index contributed by atoms with van der Waals surface area (Å²) in [6, 6.07) is 22.3. The Hall–Kier alpha value is -3.47. The fourth-order valence-corrected chi connectivity index (χ4v) is 2.80. The van der Waals surface area contributed by atoms with E-state index in [1.54, 1.807) is 12.4 Å². The van der Waals surface area contributed by atoms with Crippen LogP contribution in [0.1, 0.15) is 5.56 Å². The van der Waals surface area contributed by atoms with Crippen molar-refractivity contribution in [3.8, 4) is 0 Å². The Labute approximate surface area is 152 Å². The number of hydrogen-bond donors (Lipinski definition) is 2. The zero-order valence-electron chi connectivity index (χ0n) is 14.3. The van der Waals surface area contributed by atoms with Crippen LogP contribution in [-0.2, 0) is 6.42 Å². The summed E-state index contributed by atoms with van der Waals surface area (Å²) in [6.07, 6.45) is 4.43. The Morgan fingerprint density at radius 3 is 2.50 bits per heavy atom. The Bertz CT molecular complexity index is 987. The minimum Gasteiger partial charge on any atom is -0.369 e. The SMILES string of the molecule is c1ccc(CCNc2nc(Nc3cccnc3)nc3ccccc23)cc1. The molecule has 0 aliphatic heterocycles. The second kappa shape index (κ2) is 7.61. The predicted octanol–water partition coefficient (Wildman–Crippen LogP) is 4.42. The van der Waals surface area contributed by atoms with Gasteiger partial charge in [0, 0.05) is 18.1 Å². The van der Waals surface area contributed by atoms with Crippen LogP contribution in [0.15, 0.2) is 79.1 Å². The highest BCUT2D eigenvalue weighted by atomic mass is 15.1. The summed E-state index contributed by atoms with van der Waals surface area (Å²) in [4.78, 5) is 13.4. The van der Waals surface area contributed by atoms with E-state index >= 15 is 0 Å². The zero-order chi connectivity index (χ0) is 17.6. The smallest absolute Gasteiger partial charge is 0.229 e. The van der Waals surface area contributed by atoms with Crippen molar-refractivity contribution in [3.05, 3.63) is 84.7 Å². The third kappa shape index (κ3) is 3.78. The van der Waals surface area contributed by atoms with Crippen LogP contribution in [0.3, 0.4) is 0 Å². The third-order valence-electron chi connectivity index (χ3n) is 4.07. The van der Waals surface area contributed by atoms with Crippen molar-refractivity contribution >= 4 is 28.4 Å². The number of aromatic nitrogens is 3. The molecule has 2 aromatic heterocycles. The molecule has 0 bridgehead atoms. The molecule has 0 saturated carbocycles. The Morgan fingerprint density at radius 2 is 1.65 bits per heavy atom. The fourth-order valence-electron chi connectivity index (χ4n) is 2.80. The lowest BCUT2D eigenvalue weighted by molar-refractivity contribution is 1.01. The van der Waals surface area contributed by atoms with Crippen molar-refractivity contribution in [2.75, 3.05) is 17.2 Å². The van der Waals surface area contributed by atoms with Gasteiger partial charge in [-0.05, 0) is 36.2 Å². The van der Waals surface area contributed by atoms with Crippen molar-refractivity contribution in [1.29, 1.82) is 0 Å². The van der Waals surface area contributed by atoms with Crippen LogP contribution in [0.2, 0.25) is 0 Å². The largest absolute Gasteiger partial charge is 0.369 e. The van der Waals surface area contributed by atoms with E-state index < -0.39 is 0 Å². The van der Waals surface area contributed by atoms with Gasteiger partial charge in [-0.15, -0.1) is 0 Å². The van der Waals surface area contributed by atoms with Gasteiger partial charge in [-0.1, -0.05) is 42.5 Å². The van der Waals surface area contributed by atoms with Crippen LogP contribution < -0.4 is 10.6 Å². The molecule has 2 aromatic carbocycles. The lowest BCUT2D eigenvalue weighted by Gasteiger charge is -2.12. The quantitative estimate of drug-likeness (QED) is 0.543. The Balaban J connectivity index is 1.57. The van der Waals surface area contributed by atoms with Crippen molar-refractivity contribution in [3.63, 3.8) is 0 Å². The van der Waals surface area contributed by atoms with Gasteiger partial charge in [-0.3, -0.25) is 4.98 Å². The molecule has 128 valence electrons. The van der Waals surface area contributed by atoms with Gasteiger partial charge in [0.25, 0.3) is 0 Å². The van der Waals surface area contributed by atoms with Crippen LogP contribution in [0.5, 0.6) is 0 Å². The molecule has 0 aliphatic rings. The van der Waals surface area contributed by atoms with Crippen LogP contribution >= 0.6 is 0 Å². The highest BCUT2D eigenvalue weighted by Crippen LogP contribution is 2.23. The monoisotopic (exact) mass is 341 g/mol. The molecule has 0 unspecified atom stereocenters. The molecule has 5 nitrogen and oxygen atoms in total. The molecule has 0 atom stereocenters. The summed E-state index contributed by atoms with van der Waals surface area (Å²) >= 11 is 0. The van der Waals surface area contributed by atoms with E-state index in [0.29, 0.717) is 5.95 Å². The first kappa shape index (κ1) is 16.0. The van der Waals surface area contributed by atoms with E-state index in [4.69, 9.17) is 0 Å². The predicted molar refractivity (Wildman–Crippen MR) is 106 cm³/mol. The number of nitrogens with zero attached hydrogens (tertiary/aromatic N) is 3. The number of pyridine rings is 1. The molecular weight excluding hydrogens is 322 g/mol. The van der Waals surface area contributed by atoms with Crippen molar-refractivity contribution in [1.82, 2.24) is 15.0 Å². The van der Waals surface area contributed by atoms with E-state index in [9.17, 15) is 0 Å². The minimum atomic E-state index is 0.555. The van der Waals surface area contributed by atoms with Crippen molar-refractivity contribution in [2.45, 2.75) is 6.42 Å². The molecule has 0 saturated heterocycles. The molecule has 2 heterocycles. The lowest BCUT2D eigenvalue weighted by Crippen LogP contribution is -2.09. The summed E-state index contributed by atoms with van der Waals surface area (Å²) in [5.74, 6) is 1.39. The van der Waals surface area contributed by atoms with Crippen molar-refractivity contribution in [2.24, 2.45) is 0 Å². The van der Waals surface area contributed by atoms with Crippen molar-refractivity contribution < 1.29 is 0 Å². The highest BCUT2D eigenvalue weighted by molar-refractivity contribution is 5.90. The number of para-hydroxylation sites is 1. The highest BCUT2D eigenvalue weighted by Gasteiger charge is 2.07. The second-order valence-electron chi connectivity index (χ2n) is 5.94. The Kier molecular flexibility index (Phi) is 4.69. The average Bonchev–Trinajstić information content (AvgIpc) is 2.69. The number of hydrogen-bond acceptors (Lipinski definition) is 5. The summed E-state index contributed by atoms with van der Waals surface area (Å²) in [5.41, 5.74) is 3.06. The van der Waals surface area contributed by atoms with Gasteiger partial charge in [0.15, 0.2) is 0 Å². The lowest BCUT2D eigenvalue weighted by atomic mass is 10.1. The third-order valence-corrected chi connectivity index (χ3v) is 4.07. The summed E-state index contributed by atoms with van der Waals surface area (Å²) < 4.78 is 0. The number of benzene rings is 2. The molecule has 0 aliphatic carbocycles. The molecule has 0 radical (unpaired) electrons. The van der Waals surface area contributed by atoms with E-state index in [2.05, 4.69) is 49.9 Å². The minimum absolute atomic E-state index is 0.555. The maximum Gasteiger partial charge on any atom is 0.229 e. The first-order chi connectivity index (χ1) is 12.9. The number of nitrogens with one attached hydrogen (secondary N) is 2. The fraction of sp³-hybridized carbons (Fsp3) is 0.0952. The maximum atomic E-state index is 4.67. The molecular formula is C21H19N5. The number of anilines is 3. The topological polar surface area (TPSA) is 62.7 Å². The molecule has 5 heteroatoms. The van der Waals surface area contributed by atoms with E-state index in [1.165, 1.54) is 5.56 Å². The first-order valence-corrected chi connectivity index (χ1v) is 8.60. The van der Waals surface area contributed by atoms with Crippen LogP contribution in [-0.4, -0.2) is 21.5 Å². The number of rotatable bonds is 6. The van der Waals surface area contributed by atoms with E-state index in [-0.39, 0.29) is 0 Å². The normalized spacial score (nSPS) is 10.6. The van der Waals surface area contributed by atoms with Gasteiger partial charge in [-0.2, -0.15) is 4.98 Å². The molecule has 0 spiro atoms. The maximum absolute atomic E-state index is 4.67. The van der Waals surface area contributed by atoms with Gasteiger partial charge in [0.2, 0.25) is 5.95 Å². The number of fused-ring (bicyclic) bond motifs is 1. The summed E-state index contributed by atoms with van der Waals surface area (Å²) in [5, 5.41) is 7.69.